The summed E-state index contributed by atoms with van der Waals surface area (Å²) in [7, 11) is 1.59. The van der Waals surface area contributed by atoms with Gasteiger partial charge in [-0.1, -0.05) is 24.2 Å². The maximum atomic E-state index is 13.6. The van der Waals surface area contributed by atoms with E-state index in [0.29, 0.717) is 35.3 Å². The van der Waals surface area contributed by atoms with Crippen molar-refractivity contribution in [2.45, 2.75) is 40.2 Å². The van der Waals surface area contributed by atoms with Crippen molar-refractivity contribution in [3.8, 4) is 11.5 Å². The van der Waals surface area contributed by atoms with Gasteiger partial charge >= 0.3 is 0 Å². The molecule has 34 heavy (non-hydrogen) atoms. The maximum absolute atomic E-state index is 13.6. The number of aromatic nitrogens is 4. The highest BCUT2D eigenvalue weighted by molar-refractivity contribution is 9.10. The molecule has 0 saturated carbocycles. The number of nitrogens with one attached hydrogen (secondary N) is 2. The molecular weight excluding hydrogens is 500 g/mol. The van der Waals surface area contributed by atoms with Crippen LogP contribution in [0.25, 0.3) is 0 Å². The molecule has 3 aromatic rings. The molecule has 0 fully saturated rings. The van der Waals surface area contributed by atoms with Gasteiger partial charge in [0.1, 0.15) is 6.04 Å². The summed E-state index contributed by atoms with van der Waals surface area (Å²) in [6.07, 6.45) is 0.865. The summed E-state index contributed by atoms with van der Waals surface area (Å²) in [5.74, 6) is 1.37. The lowest BCUT2D eigenvalue weighted by molar-refractivity contribution is -0.113. The first-order chi connectivity index (χ1) is 16.3. The third-order valence-corrected chi connectivity index (χ3v) is 6.42. The van der Waals surface area contributed by atoms with E-state index < -0.39 is 6.04 Å². The highest BCUT2D eigenvalue weighted by Crippen LogP contribution is 2.42. The molecule has 1 atom stereocenters. The molecule has 9 nitrogen and oxygen atoms in total. The Labute approximate surface area is 206 Å². The SMILES string of the molecule is CCCOc1c(Br)cc(C2C(C(=O)Nc3cccc(C)c3C)=C(C)Nc3nnnn32)cc1OC. The van der Waals surface area contributed by atoms with Gasteiger partial charge in [-0.05, 0) is 88.4 Å². The van der Waals surface area contributed by atoms with Crippen LogP contribution in [0.4, 0.5) is 11.6 Å². The van der Waals surface area contributed by atoms with Crippen LogP contribution in [0.5, 0.6) is 11.5 Å². The Morgan fingerprint density at radius 1 is 1.26 bits per heavy atom. The van der Waals surface area contributed by atoms with E-state index in [4.69, 9.17) is 9.47 Å². The molecule has 10 heteroatoms. The van der Waals surface area contributed by atoms with Gasteiger partial charge in [-0.15, -0.1) is 0 Å². The number of nitrogens with zero attached hydrogens (tertiary/aromatic N) is 4. The molecular formula is C24H27BrN6O3. The number of amides is 1. The fourth-order valence-corrected chi connectivity index (χ4v) is 4.51. The predicted molar refractivity (Wildman–Crippen MR) is 133 cm³/mol. The normalized spacial score (nSPS) is 14.9. The van der Waals surface area contributed by atoms with Crippen molar-refractivity contribution in [2.75, 3.05) is 24.4 Å². The number of ether oxygens (including phenoxy) is 2. The topological polar surface area (TPSA) is 103 Å². The van der Waals surface area contributed by atoms with Gasteiger partial charge < -0.3 is 20.1 Å². The first-order valence-electron chi connectivity index (χ1n) is 11.0. The zero-order valence-corrected chi connectivity index (χ0v) is 21.4. The Bertz CT molecular complexity index is 1270. The van der Waals surface area contributed by atoms with Crippen LogP contribution in [0.15, 0.2) is 46.1 Å². The van der Waals surface area contributed by atoms with Crippen LogP contribution in [0.3, 0.4) is 0 Å². The van der Waals surface area contributed by atoms with Gasteiger partial charge in [0.15, 0.2) is 11.5 Å². The molecule has 2 heterocycles. The van der Waals surface area contributed by atoms with Crippen LogP contribution < -0.4 is 20.1 Å². The number of carbonyl (C=O) groups is 1. The summed E-state index contributed by atoms with van der Waals surface area (Å²) in [6, 6.07) is 9.01. The van der Waals surface area contributed by atoms with Crippen molar-refractivity contribution in [1.82, 2.24) is 20.2 Å². The van der Waals surface area contributed by atoms with Gasteiger partial charge in [0.2, 0.25) is 5.95 Å². The lowest BCUT2D eigenvalue weighted by atomic mass is 9.94. The number of methoxy groups -OCH3 is 1. The molecule has 0 radical (unpaired) electrons. The van der Waals surface area contributed by atoms with Crippen LogP contribution in [-0.2, 0) is 4.79 Å². The second kappa shape index (κ2) is 9.84. The fraction of sp³-hybridized carbons (Fsp3) is 0.333. The van der Waals surface area contributed by atoms with Crippen molar-refractivity contribution in [3.63, 3.8) is 0 Å². The summed E-state index contributed by atoms with van der Waals surface area (Å²) < 4.78 is 13.8. The van der Waals surface area contributed by atoms with Crippen LogP contribution in [0.1, 0.15) is 43.0 Å². The van der Waals surface area contributed by atoms with Gasteiger partial charge in [-0.2, -0.15) is 4.68 Å². The Kier molecular flexibility index (Phi) is 6.87. The number of benzene rings is 2. The molecule has 178 valence electrons. The Balaban J connectivity index is 1.80. The highest BCUT2D eigenvalue weighted by Gasteiger charge is 2.35. The number of halogens is 1. The molecule has 1 aliphatic heterocycles. The number of carbonyl (C=O) groups excluding carboxylic acids is 1. The van der Waals surface area contributed by atoms with Gasteiger partial charge in [-0.3, -0.25) is 4.79 Å². The standard InChI is InChI=1S/C24H27BrN6O3/c1-6-10-34-22-17(25)11-16(12-19(22)33-5)21-20(15(4)26-24-28-29-30-31(21)24)23(32)27-18-9-7-8-13(2)14(18)3/h7-9,11-12,21H,6,10H2,1-5H3,(H,27,32)(H,26,28,30). The van der Waals surface area contributed by atoms with E-state index in [1.54, 1.807) is 11.8 Å². The molecule has 1 aliphatic rings. The summed E-state index contributed by atoms with van der Waals surface area (Å²) in [6.45, 7) is 8.44. The van der Waals surface area contributed by atoms with Crippen LogP contribution in [-0.4, -0.2) is 39.8 Å². The molecule has 4 rings (SSSR count). The number of hydrogen-bond donors (Lipinski definition) is 2. The van der Waals surface area contributed by atoms with Gasteiger partial charge in [-0.25, -0.2) is 0 Å². The predicted octanol–water partition coefficient (Wildman–Crippen LogP) is 4.78. The number of anilines is 2. The molecule has 0 spiro atoms. The molecule has 1 aromatic heterocycles. The van der Waals surface area contributed by atoms with Gasteiger partial charge in [0.05, 0.1) is 23.8 Å². The molecule has 1 unspecified atom stereocenters. The Morgan fingerprint density at radius 2 is 2.06 bits per heavy atom. The molecule has 0 aliphatic carbocycles. The third-order valence-electron chi connectivity index (χ3n) is 5.83. The zero-order chi connectivity index (χ0) is 24.4. The second-order valence-corrected chi connectivity index (χ2v) is 8.95. The molecule has 0 bridgehead atoms. The van der Waals surface area contributed by atoms with E-state index in [-0.39, 0.29) is 5.91 Å². The average molecular weight is 527 g/mol. The minimum absolute atomic E-state index is 0.244. The van der Waals surface area contributed by atoms with E-state index >= 15 is 0 Å². The van der Waals surface area contributed by atoms with E-state index in [1.807, 2.05) is 58.0 Å². The summed E-state index contributed by atoms with van der Waals surface area (Å²) >= 11 is 3.61. The third kappa shape index (κ3) is 4.37. The van der Waals surface area contributed by atoms with Crippen molar-refractivity contribution in [1.29, 1.82) is 0 Å². The summed E-state index contributed by atoms with van der Waals surface area (Å²) in [5.41, 5.74) is 4.80. The van der Waals surface area contributed by atoms with Crippen molar-refractivity contribution in [3.05, 3.63) is 62.8 Å². The van der Waals surface area contributed by atoms with Gasteiger partial charge in [0.25, 0.3) is 5.91 Å². The number of fused-ring (bicyclic) bond motifs is 1. The Hall–Kier alpha value is -3.40. The summed E-state index contributed by atoms with van der Waals surface area (Å²) in [5, 5.41) is 18.3. The number of aryl methyl sites for hydroxylation is 1. The second-order valence-electron chi connectivity index (χ2n) is 8.10. The number of allylic oxidation sites excluding steroid dienone is 1. The van der Waals surface area contributed by atoms with Gasteiger partial charge in [0, 0.05) is 11.4 Å². The highest BCUT2D eigenvalue weighted by atomic mass is 79.9. The van der Waals surface area contributed by atoms with E-state index in [1.165, 1.54) is 0 Å². The van der Waals surface area contributed by atoms with E-state index in [2.05, 4.69) is 42.1 Å². The first kappa shape index (κ1) is 23.7. The molecule has 0 saturated heterocycles. The zero-order valence-electron chi connectivity index (χ0n) is 19.8. The lowest BCUT2D eigenvalue weighted by Gasteiger charge is -2.29. The quantitative estimate of drug-likeness (QED) is 0.456. The van der Waals surface area contributed by atoms with E-state index in [9.17, 15) is 4.79 Å². The lowest BCUT2D eigenvalue weighted by Crippen LogP contribution is -2.31. The first-order valence-corrected chi connectivity index (χ1v) is 11.8. The average Bonchev–Trinajstić information content (AvgIpc) is 3.27. The molecule has 1 amide bonds. The smallest absolute Gasteiger partial charge is 0.255 e. The van der Waals surface area contributed by atoms with E-state index in [0.717, 1.165) is 33.3 Å². The van der Waals surface area contributed by atoms with Crippen molar-refractivity contribution < 1.29 is 14.3 Å². The largest absolute Gasteiger partial charge is 0.493 e. The minimum Gasteiger partial charge on any atom is -0.493 e. The van der Waals surface area contributed by atoms with Crippen LogP contribution in [0.2, 0.25) is 0 Å². The summed E-state index contributed by atoms with van der Waals surface area (Å²) in [4.78, 5) is 13.6. The number of hydrogen-bond acceptors (Lipinski definition) is 7. The monoisotopic (exact) mass is 526 g/mol. The Morgan fingerprint density at radius 3 is 2.79 bits per heavy atom. The molecule has 2 N–H and O–H groups in total. The van der Waals surface area contributed by atoms with Crippen molar-refractivity contribution >= 4 is 33.5 Å². The number of rotatable bonds is 7. The number of tetrazole rings is 1. The van der Waals surface area contributed by atoms with Crippen LogP contribution >= 0.6 is 15.9 Å². The minimum atomic E-state index is -0.582. The van der Waals surface area contributed by atoms with Crippen molar-refractivity contribution in [2.24, 2.45) is 0 Å². The maximum Gasteiger partial charge on any atom is 0.255 e. The fourth-order valence-electron chi connectivity index (χ4n) is 3.93. The molecule has 2 aromatic carbocycles. The van der Waals surface area contributed by atoms with Crippen LogP contribution in [0, 0.1) is 13.8 Å².